The van der Waals surface area contributed by atoms with Crippen molar-refractivity contribution in [2.24, 2.45) is 0 Å². The Morgan fingerprint density at radius 3 is 2.10 bits per heavy atom. The molecule has 0 heterocycles. The number of carbonyl (C=O) groups excluding carboxylic acids is 1. The Morgan fingerprint density at radius 1 is 1.20 bits per heavy atom. The molecule has 1 aromatic carbocycles. The van der Waals surface area contributed by atoms with Gasteiger partial charge in [-0.05, 0) is 12.1 Å². The number of hydrogen-bond donors (Lipinski definition) is 0. The van der Waals surface area contributed by atoms with Crippen molar-refractivity contribution < 1.29 is 9.50 Å². The van der Waals surface area contributed by atoms with Gasteiger partial charge in [-0.1, -0.05) is 23.7 Å². The van der Waals surface area contributed by atoms with Crippen LogP contribution in [0.25, 0.3) is 0 Å². The first kappa shape index (κ1) is 9.11. The van der Waals surface area contributed by atoms with Gasteiger partial charge in [-0.25, -0.2) is 0 Å². The van der Waals surface area contributed by atoms with Gasteiger partial charge in [0.2, 0.25) is 0 Å². The highest BCUT2D eigenvalue weighted by atomic mass is 35.5. The molecule has 0 saturated heterocycles. The number of hydrogen-bond acceptors (Lipinski definition) is 1. The molecule has 0 spiro atoms. The smallest absolute Gasteiger partial charge is 0.150 e. The maximum absolute atomic E-state index is 10.1. The summed E-state index contributed by atoms with van der Waals surface area (Å²) >= 11 is 5.55. The summed E-state index contributed by atoms with van der Waals surface area (Å²) in [5.41, 5.74) is 0.652. The maximum atomic E-state index is 10.1. The van der Waals surface area contributed by atoms with E-state index in [1.54, 1.807) is 24.3 Å². The predicted octanol–water partition coefficient (Wildman–Crippen LogP) is 2.31. The molecule has 0 aliphatic carbocycles. The van der Waals surface area contributed by atoms with Crippen molar-refractivity contribution in [1.29, 1.82) is 0 Å². The molecule has 0 atom stereocenters. The van der Waals surface area contributed by atoms with Crippen LogP contribution >= 0.6 is 11.6 Å². The van der Waals surface area contributed by atoms with Crippen LogP contribution in [0.1, 0.15) is 10.4 Å². The van der Waals surface area contributed by atoms with Crippen LogP contribution in [-0.4, -0.2) is 6.29 Å². The van der Waals surface area contributed by atoms with Crippen molar-refractivity contribution in [2.45, 2.75) is 0 Å². The topological polar surface area (TPSA) is 17.1 Å². The number of halogens is 2. The lowest BCUT2D eigenvalue weighted by atomic mass is 10.2. The molecule has 0 bridgehead atoms. The first-order valence-corrected chi connectivity index (χ1v) is 2.91. The van der Waals surface area contributed by atoms with E-state index < -0.39 is 0 Å². The number of carbonyl (C=O) groups is 1. The summed E-state index contributed by atoms with van der Waals surface area (Å²) in [6.07, 6.45) is 0.788. The number of benzene rings is 1. The molecule has 0 fully saturated rings. The molecule has 0 N–H and O–H groups in total. The molecule has 0 saturated carbocycles. The van der Waals surface area contributed by atoms with Crippen molar-refractivity contribution in [3.05, 3.63) is 34.9 Å². The monoisotopic (exact) mass is 160 g/mol. The molecule has 0 aromatic heterocycles. The molecular formula is C7H6ClFO. The average Bonchev–Trinajstić information content (AvgIpc) is 1.90. The van der Waals surface area contributed by atoms with Gasteiger partial charge < -0.3 is 0 Å². The first-order chi connectivity index (χ1) is 4.33. The second kappa shape index (κ2) is 4.01. The van der Waals surface area contributed by atoms with E-state index in [4.69, 9.17) is 11.6 Å². The molecule has 0 unspecified atom stereocenters. The lowest BCUT2D eigenvalue weighted by Gasteiger charge is -1.87. The number of rotatable bonds is 1. The highest BCUT2D eigenvalue weighted by molar-refractivity contribution is 6.30. The highest BCUT2D eigenvalue weighted by Crippen LogP contribution is 2.07. The van der Waals surface area contributed by atoms with E-state index >= 15 is 0 Å². The van der Waals surface area contributed by atoms with Crippen LogP contribution in [0.2, 0.25) is 5.02 Å². The van der Waals surface area contributed by atoms with Crippen molar-refractivity contribution >= 4 is 17.9 Å². The number of aldehydes is 1. The van der Waals surface area contributed by atoms with Crippen molar-refractivity contribution in [3.63, 3.8) is 0 Å². The summed E-state index contributed by atoms with van der Waals surface area (Å²) in [7, 11) is 0. The van der Waals surface area contributed by atoms with Crippen LogP contribution in [-0.2, 0) is 0 Å². The third-order valence-corrected chi connectivity index (χ3v) is 1.26. The summed E-state index contributed by atoms with van der Waals surface area (Å²) in [6.45, 7) is 0. The fraction of sp³-hybridized carbons (Fsp3) is 0. The minimum absolute atomic E-state index is 0. The Hall–Kier alpha value is -0.890. The summed E-state index contributed by atoms with van der Waals surface area (Å²) < 4.78 is 0. The van der Waals surface area contributed by atoms with Gasteiger partial charge in [-0.15, -0.1) is 0 Å². The van der Waals surface area contributed by atoms with Crippen molar-refractivity contribution in [1.82, 2.24) is 0 Å². The second-order valence-corrected chi connectivity index (χ2v) is 2.11. The van der Waals surface area contributed by atoms with Crippen LogP contribution < -0.4 is 0 Å². The molecular weight excluding hydrogens is 155 g/mol. The van der Waals surface area contributed by atoms with E-state index in [0.29, 0.717) is 10.6 Å². The molecule has 3 heteroatoms. The zero-order chi connectivity index (χ0) is 6.69. The van der Waals surface area contributed by atoms with Crippen LogP contribution in [0.15, 0.2) is 24.3 Å². The van der Waals surface area contributed by atoms with Gasteiger partial charge in [-0.2, -0.15) is 0 Å². The molecule has 1 aromatic rings. The zero-order valence-electron chi connectivity index (χ0n) is 5.08. The van der Waals surface area contributed by atoms with Crippen molar-refractivity contribution in [3.8, 4) is 0 Å². The molecule has 0 radical (unpaired) electrons. The average molecular weight is 161 g/mol. The largest absolute Gasteiger partial charge is 0.298 e. The van der Waals surface area contributed by atoms with E-state index in [-0.39, 0.29) is 4.70 Å². The lowest BCUT2D eigenvalue weighted by molar-refractivity contribution is 0.112. The Labute approximate surface area is 63.0 Å². The maximum Gasteiger partial charge on any atom is 0.150 e. The van der Waals surface area contributed by atoms with Gasteiger partial charge in [0.15, 0.2) is 0 Å². The summed E-state index contributed by atoms with van der Waals surface area (Å²) in [4.78, 5) is 10.1. The Morgan fingerprint density at radius 2 is 1.70 bits per heavy atom. The van der Waals surface area contributed by atoms with Gasteiger partial charge in [0, 0.05) is 10.6 Å². The van der Waals surface area contributed by atoms with E-state index in [1.807, 2.05) is 0 Å². The third-order valence-electron chi connectivity index (χ3n) is 1.01. The van der Waals surface area contributed by atoms with E-state index in [1.165, 1.54) is 0 Å². The Bertz CT molecular complexity index is 207. The molecule has 0 amide bonds. The van der Waals surface area contributed by atoms with Crippen LogP contribution in [0.4, 0.5) is 4.70 Å². The Balaban J connectivity index is 0.000000810. The van der Waals surface area contributed by atoms with Gasteiger partial charge in [0.05, 0.1) is 0 Å². The highest BCUT2D eigenvalue weighted by Gasteiger charge is 1.86. The Kier molecular flexibility index (Phi) is 3.65. The second-order valence-electron chi connectivity index (χ2n) is 1.67. The fourth-order valence-electron chi connectivity index (χ4n) is 0.541. The quantitative estimate of drug-likeness (QED) is 0.577. The lowest BCUT2D eigenvalue weighted by Crippen LogP contribution is -1.74. The van der Waals surface area contributed by atoms with Crippen LogP contribution in [0.5, 0.6) is 0 Å². The molecule has 1 rings (SSSR count). The summed E-state index contributed by atoms with van der Waals surface area (Å²) in [5.74, 6) is 0. The molecule has 1 nitrogen and oxygen atoms in total. The summed E-state index contributed by atoms with van der Waals surface area (Å²) in [6, 6.07) is 6.72. The van der Waals surface area contributed by atoms with E-state index in [2.05, 4.69) is 0 Å². The zero-order valence-corrected chi connectivity index (χ0v) is 5.84. The fourth-order valence-corrected chi connectivity index (χ4v) is 0.667. The standard InChI is InChI=1S/C7H5ClO.FH/c8-7-3-1-6(5-9)2-4-7;/h1-5H;1H. The molecule has 0 aliphatic heterocycles. The minimum atomic E-state index is 0. The summed E-state index contributed by atoms with van der Waals surface area (Å²) in [5, 5.41) is 0.653. The van der Waals surface area contributed by atoms with Gasteiger partial charge >= 0.3 is 0 Å². The van der Waals surface area contributed by atoms with Gasteiger partial charge in [0.25, 0.3) is 0 Å². The van der Waals surface area contributed by atoms with E-state index in [9.17, 15) is 4.79 Å². The molecule has 10 heavy (non-hydrogen) atoms. The first-order valence-electron chi connectivity index (χ1n) is 2.53. The normalized spacial score (nSPS) is 8.10. The third kappa shape index (κ3) is 2.15. The van der Waals surface area contributed by atoms with Gasteiger partial charge in [-0.3, -0.25) is 9.50 Å². The predicted molar refractivity (Wildman–Crippen MR) is 39.3 cm³/mol. The van der Waals surface area contributed by atoms with Crippen molar-refractivity contribution in [2.75, 3.05) is 0 Å². The van der Waals surface area contributed by atoms with Crippen LogP contribution in [0.3, 0.4) is 0 Å². The SMILES string of the molecule is F.O=Cc1ccc(Cl)cc1. The van der Waals surface area contributed by atoms with E-state index in [0.717, 1.165) is 6.29 Å². The molecule has 54 valence electrons. The minimum Gasteiger partial charge on any atom is -0.298 e. The van der Waals surface area contributed by atoms with Gasteiger partial charge in [0.1, 0.15) is 6.29 Å². The molecule has 0 aliphatic rings. The van der Waals surface area contributed by atoms with Crippen LogP contribution in [0, 0.1) is 0 Å².